The SMILES string of the molecule is O=S(=O)(c1cccc(Cl)c1)n1cc(N2CCN3CCCC3C2)c2ncccc21. The van der Waals surface area contributed by atoms with Gasteiger partial charge in [-0.1, -0.05) is 17.7 Å². The lowest BCUT2D eigenvalue weighted by Gasteiger charge is -2.38. The van der Waals surface area contributed by atoms with Gasteiger partial charge >= 0.3 is 0 Å². The Bertz CT molecular complexity index is 1140. The molecule has 2 fully saturated rings. The quantitative estimate of drug-likeness (QED) is 0.656. The van der Waals surface area contributed by atoms with E-state index in [0.29, 0.717) is 16.6 Å². The Kier molecular flexibility index (Phi) is 4.34. The number of piperazine rings is 1. The third-order valence-corrected chi connectivity index (χ3v) is 7.69. The van der Waals surface area contributed by atoms with Crippen LogP contribution in [0.4, 0.5) is 5.69 Å². The third kappa shape index (κ3) is 2.89. The molecule has 0 saturated carbocycles. The number of halogens is 1. The summed E-state index contributed by atoms with van der Waals surface area (Å²) < 4.78 is 28.0. The lowest BCUT2D eigenvalue weighted by atomic mass is 10.1. The maximum absolute atomic E-state index is 13.3. The zero-order valence-corrected chi connectivity index (χ0v) is 16.9. The van der Waals surface area contributed by atoms with E-state index in [9.17, 15) is 8.42 Å². The highest BCUT2D eigenvalue weighted by Crippen LogP contribution is 2.33. The van der Waals surface area contributed by atoms with Crippen LogP contribution in [-0.2, 0) is 10.0 Å². The van der Waals surface area contributed by atoms with E-state index in [1.165, 1.54) is 29.4 Å². The van der Waals surface area contributed by atoms with Crippen LogP contribution in [0.1, 0.15) is 12.8 Å². The highest BCUT2D eigenvalue weighted by molar-refractivity contribution is 7.90. The highest BCUT2D eigenvalue weighted by Gasteiger charge is 2.32. The molecule has 3 aromatic rings. The van der Waals surface area contributed by atoms with Crippen LogP contribution in [0.3, 0.4) is 0 Å². The van der Waals surface area contributed by atoms with Gasteiger partial charge in [0.2, 0.25) is 0 Å². The lowest BCUT2D eigenvalue weighted by Crippen LogP contribution is -2.50. The van der Waals surface area contributed by atoms with Crippen molar-refractivity contribution < 1.29 is 8.42 Å². The molecule has 6 nitrogen and oxygen atoms in total. The fourth-order valence-electron chi connectivity index (χ4n) is 4.39. The van der Waals surface area contributed by atoms with E-state index in [-0.39, 0.29) is 4.90 Å². The predicted molar refractivity (Wildman–Crippen MR) is 111 cm³/mol. The second-order valence-electron chi connectivity index (χ2n) is 7.42. The van der Waals surface area contributed by atoms with Crippen LogP contribution in [0.25, 0.3) is 11.0 Å². The minimum atomic E-state index is -3.77. The molecule has 2 aliphatic rings. The van der Waals surface area contributed by atoms with Gasteiger partial charge in [-0.25, -0.2) is 12.4 Å². The molecule has 0 N–H and O–H groups in total. The molecule has 5 rings (SSSR count). The molecule has 146 valence electrons. The van der Waals surface area contributed by atoms with Gasteiger partial charge in [0.15, 0.2) is 0 Å². The van der Waals surface area contributed by atoms with Crippen LogP contribution in [0.15, 0.2) is 53.7 Å². The predicted octanol–water partition coefficient (Wildman–Crippen LogP) is 3.21. The molecule has 4 heterocycles. The van der Waals surface area contributed by atoms with Crippen molar-refractivity contribution in [3.05, 3.63) is 53.8 Å². The van der Waals surface area contributed by atoms with E-state index in [1.54, 1.807) is 42.7 Å². The van der Waals surface area contributed by atoms with E-state index < -0.39 is 10.0 Å². The number of hydrogen-bond acceptors (Lipinski definition) is 5. The minimum absolute atomic E-state index is 0.174. The van der Waals surface area contributed by atoms with Crippen LogP contribution in [0, 0.1) is 0 Å². The second-order valence-corrected chi connectivity index (χ2v) is 9.67. The molecule has 28 heavy (non-hydrogen) atoms. The number of fused-ring (bicyclic) bond motifs is 2. The number of anilines is 1. The zero-order chi connectivity index (χ0) is 19.3. The lowest BCUT2D eigenvalue weighted by molar-refractivity contribution is 0.231. The highest BCUT2D eigenvalue weighted by atomic mass is 35.5. The first kappa shape index (κ1) is 18.0. The summed E-state index contributed by atoms with van der Waals surface area (Å²) in [6, 6.07) is 10.5. The van der Waals surface area contributed by atoms with Crippen molar-refractivity contribution in [1.29, 1.82) is 0 Å². The van der Waals surface area contributed by atoms with Crippen LogP contribution >= 0.6 is 11.6 Å². The van der Waals surface area contributed by atoms with Gasteiger partial charge in [-0.05, 0) is 49.7 Å². The zero-order valence-electron chi connectivity index (χ0n) is 15.3. The second kappa shape index (κ2) is 6.76. The molecule has 1 aromatic carbocycles. The summed E-state index contributed by atoms with van der Waals surface area (Å²) >= 11 is 6.04. The fraction of sp³-hybridized carbons (Fsp3) is 0.350. The van der Waals surface area contributed by atoms with Crippen molar-refractivity contribution in [1.82, 2.24) is 13.9 Å². The van der Waals surface area contributed by atoms with Crippen molar-refractivity contribution in [3.8, 4) is 0 Å². The molecule has 1 atom stereocenters. The summed E-state index contributed by atoms with van der Waals surface area (Å²) in [6.45, 7) is 3.96. The van der Waals surface area contributed by atoms with Gasteiger partial charge in [-0.15, -0.1) is 0 Å². The Morgan fingerprint density at radius 1 is 1.11 bits per heavy atom. The summed E-state index contributed by atoms with van der Waals surface area (Å²) in [7, 11) is -3.77. The van der Waals surface area contributed by atoms with Crippen LogP contribution in [0.2, 0.25) is 5.02 Å². The van der Waals surface area contributed by atoms with E-state index in [4.69, 9.17) is 11.6 Å². The Labute approximate surface area is 169 Å². The molecule has 0 bridgehead atoms. The Morgan fingerprint density at radius 2 is 2.00 bits per heavy atom. The normalized spacial score (nSPS) is 20.6. The molecule has 2 saturated heterocycles. The molecule has 0 amide bonds. The molecule has 0 radical (unpaired) electrons. The molecular weight excluding hydrogens is 396 g/mol. The smallest absolute Gasteiger partial charge is 0.268 e. The number of nitrogens with zero attached hydrogens (tertiary/aromatic N) is 4. The minimum Gasteiger partial charge on any atom is -0.366 e. The maximum atomic E-state index is 13.3. The molecule has 0 spiro atoms. The van der Waals surface area contributed by atoms with Gasteiger partial charge in [0.25, 0.3) is 10.0 Å². The summed E-state index contributed by atoms with van der Waals surface area (Å²) in [4.78, 5) is 9.51. The third-order valence-electron chi connectivity index (χ3n) is 5.79. The van der Waals surface area contributed by atoms with Crippen molar-refractivity contribution >= 4 is 38.3 Å². The monoisotopic (exact) mass is 416 g/mol. The van der Waals surface area contributed by atoms with E-state index in [1.807, 2.05) is 0 Å². The van der Waals surface area contributed by atoms with Crippen LogP contribution in [-0.4, -0.2) is 54.5 Å². The molecule has 2 aliphatic heterocycles. The van der Waals surface area contributed by atoms with E-state index in [2.05, 4.69) is 14.8 Å². The van der Waals surface area contributed by atoms with Gasteiger partial charge < -0.3 is 4.90 Å². The largest absolute Gasteiger partial charge is 0.366 e. The van der Waals surface area contributed by atoms with Crippen molar-refractivity contribution in [3.63, 3.8) is 0 Å². The Morgan fingerprint density at radius 3 is 2.86 bits per heavy atom. The van der Waals surface area contributed by atoms with Gasteiger partial charge in [0.1, 0.15) is 5.52 Å². The number of benzene rings is 1. The summed E-state index contributed by atoms with van der Waals surface area (Å²) in [5, 5.41) is 0.397. The van der Waals surface area contributed by atoms with Gasteiger partial charge in [0.05, 0.1) is 16.1 Å². The molecule has 8 heteroatoms. The van der Waals surface area contributed by atoms with E-state index in [0.717, 1.165) is 30.8 Å². The topological polar surface area (TPSA) is 58.4 Å². The van der Waals surface area contributed by atoms with Gasteiger partial charge in [-0.3, -0.25) is 9.88 Å². The summed E-state index contributed by atoms with van der Waals surface area (Å²) in [6.07, 6.45) is 5.87. The number of rotatable bonds is 3. The van der Waals surface area contributed by atoms with E-state index >= 15 is 0 Å². The van der Waals surface area contributed by atoms with Crippen molar-refractivity contribution in [2.75, 3.05) is 31.1 Å². The molecule has 2 aromatic heterocycles. The van der Waals surface area contributed by atoms with Crippen LogP contribution in [0.5, 0.6) is 0 Å². The first-order valence-electron chi connectivity index (χ1n) is 9.50. The van der Waals surface area contributed by atoms with Crippen molar-refractivity contribution in [2.24, 2.45) is 0 Å². The first-order valence-corrected chi connectivity index (χ1v) is 11.3. The molecule has 0 aliphatic carbocycles. The number of aromatic nitrogens is 2. The first-order chi connectivity index (χ1) is 13.5. The standard InChI is InChI=1S/C20H21ClN4O2S/c21-15-4-1-6-17(12-15)28(26,27)25-14-19(20-18(25)7-2-8-22-20)24-11-10-23-9-3-5-16(23)13-24/h1-2,4,6-8,12,14,16H,3,5,9-11,13H2. The average molecular weight is 417 g/mol. The summed E-state index contributed by atoms with van der Waals surface area (Å²) in [5.74, 6) is 0. The Balaban J connectivity index is 1.61. The van der Waals surface area contributed by atoms with Gasteiger partial charge in [0, 0.05) is 43.1 Å². The fourth-order valence-corrected chi connectivity index (χ4v) is 6.05. The van der Waals surface area contributed by atoms with Crippen molar-refractivity contribution in [2.45, 2.75) is 23.8 Å². The number of pyridine rings is 1. The van der Waals surface area contributed by atoms with Gasteiger partial charge in [-0.2, -0.15) is 0 Å². The average Bonchev–Trinajstić information content (AvgIpc) is 3.32. The number of hydrogen-bond donors (Lipinski definition) is 0. The molecular formula is C20H21ClN4O2S. The Hall–Kier alpha value is -2.09. The molecule has 1 unspecified atom stereocenters. The maximum Gasteiger partial charge on any atom is 0.268 e. The van der Waals surface area contributed by atoms with Crippen LogP contribution < -0.4 is 4.90 Å². The summed E-state index contributed by atoms with van der Waals surface area (Å²) in [5.41, 5.74) is 2.19.